The van der Waals surface area contributed by atoms with Gasteiger partial charge in [-0.05, 0) is 0 Å². The zero-order valence-electron chi connectivity index (χ0n) is 9.24. The summed E-state index contributed by atoms with van der Waals surface area (Å²) in [6, 6.07) is -2.00. The highest BCUT2D eigenvalue weighted by molar-refractivity contribution is 8.76. The van der Waals surface area contributed by atoms with E-state index in [1.165, 1.54) is 0 Å². The van der Waals surface area contributed by atoms with Gasteiger partial charge in [-0.25, -0.2) is 0 Å². The van der Waals surface area contributed by atoms with Crippen LogP contribution in [0.25, 0.3) is 0 Å². The van der Waals surface area contributed by atoms with Gasteiger partial charge < -0.3 is 21.1 Å². The van der Waals surface area contributed by atoms with Gasteiger partial charge >= 0.3 is 17.9 Å². The number of carboxylic acids is 3. The van der Waals surface area contributed by atoms with Crippen molar-refractivity contribution in [3.63, 3.8) is 0 Å². The van der Waals surface area contributed by atoms with E-state index in [0.717, 1.165) is 21.6 Å². The predicted octanol–water partition coefficient (Wildman–Crippen LogP) is -1.09. The Hall–Kier alpha value is -0.970. The second-order valence-electron chi connectivity index (χ2n) is 3.18. The normalized spacial score (nSPS) is 13.8. The van der Waals surface area contributed by atoms with Crippen molar-refractivity contribution in [1.82, 2.24) is 5.32 Å². The van der Waals surface area contributed by atoms with E-state index < -0.39 is 36.5 Å². The summed E-state index contributed by atoms with van der Waals surface area (Å²) in [6.07, 6.45) is 0. The molecule has 8 nitrogen and oxygen atoms in total. The van der Waals surface area contributed by atoms with Crippen molar-refractivity contribution in [1.29, 1.82) is 0 Å². The average molecular weight is 298 g/mol. The first-order chi connectivity index (χ1) is 8.34. The van der Waals surface area contributed by atoms with Gasteiger partial charge in [0.15, 0.2) is 0 Å². The zero-order valence-corrected chi connectivity index (χ0v) is 10.9. The van der Waals surface area contributed by atoms with E-state index >= 15 is 0 Å². The summed E-state index contributed by atoms with van der Waals surface area (Å²) in [5, 5.41) is 28.0. The number of carboxylic acid groups (broad SMARTS) is 3. The smallest absolute Gasteiger partial charge is 0.321 e. The van der Waals surface area contributed by atoms with Crippen LogP contribution in [0.4, 0.5) is 0 Å². The molecule has 0 rings (SSSR count). The van der Waals surface area contributed by atoms with E-state index in [0.29, 0.717) is 0 Å². The van der Waals surface area contributed by atoms with E-state index in [2.05, 4.69) is 5.32 Å². The molecule has 0 saturated carbocycles. The van der Waals surface area contributed by atoms with Crippen LogP contribution in [0, 0.1) is 0 Å². The van der Waals surface area contributed by atoms with Crippen molar-refractivity contribution >= 4 is 39.5 Å². The Morgan fingerprint density at radius 3 is 2.06 bits per heavy atom. The highest BCUT2D eigenvalue weighted by Crippen LogP contribution is 2.22. The minimum atomic E-state index is -1.16. The molecule has 0 bridgehead atoms. The fraction of sp³-hybridized carbons (Fsp3) is 0.625. The minimum Gasteiger partial charge on any atom is -0.480 e. The van der Waals surface area contributed by atoms with Crippen molar-refractivity contribution in [2.24, 2.45) is 5.73 Å². The maximum atomic E-state index is 10.8. The Bertz CT molecular complexity index is 314. The molecule has 104 valence electrons. The van der Waals surface area contributed by atoms with E-state index in [1.807, 2.05) is 0 Å². The van der Waals surface area contributed by atoms with Gasteiger partial charge in [0.1, 0.15) is 12.1 Å². The third kappa shape index (κ3) is 8.17. The lowest BCUT2D eigenvalue weighted by molar-refractivity contribution is -0.140. The molecule has 0 saturated heterocycles. The first-order valence-electron chi connectivity index (χ1n) is 4.75. The average Bonchev–Trinajstić information content (AvgIpc) is 2.26. The number of hydrogen-bond acceptors (Lipinski definition) is 7. The Balaban J connectivity index is 3.87. The zero-order chi connectivity index (χ0) is 14.1. The fourth-order valence-corrected chi connectivity index (χ4v) is 3.04. The molecule has 0 aliphatic rings. The Labute approximate surface area is 111 Å². The summed E-state index contributed by atoms with van der Waals surface area (Å²) >= 11 is 0. The molecule has 0 aromatic rings. The summed E-state index contributed by atoms with van der Waals surface area (Å²) in [5.41, 5.74) is 5.25. The molecule has 6 N–H and O–H groups in total. The van der Waals surface area contributed by atoms with Gasteiger partial charge in [-0.2, -0.15) is 0 Å². The molecule has 18 heavy (non-hydrogen) atoms. The van der Waals surface area contributed by atoms with Gasteiger partial charge in [0, 0.05) is 11.5 Å². The van der Waals surface area contributed by atoms with Gasteiger partial charge in [0.2, 0.25) is 0 Å². The van der Waals surface area contributed by atoms with Crippen LogP contribution in [0.3, 0.4) is 0 Å². The highest BCUT2D eigenvalue weighted by Gasteiger charge is 2.18. The maximum Gasteiger partial charge on any atom is 0.321 e. The Morgan fingerprint density at radius 1 is 1.06 bits per heavy atom. The van der Waals surface area contributed by atoms with Crippen molar-refractivity contribution in [3.8, 4) is 0 Å². The SMILES string of the molecule is NC(CSSC[C@H](NCC(=O)O)C(=O)O)C(=O)O. The van der Waals surface area contributed by atoms with Crippen LogP contribution < -0.4 is 11.1 Å². The van der Waals surface area contributed by atoms with Gasteiger partial charge in [-0.15, -0.1) is 0 Å². The van der Waals surface area contributed by atoms with Crippen molar-refractivity contribution < 1.29 is 29.7 Å². The molecule has 1 unspecified atom stereocenters. The van der Waals surface area contributed by atoms with Gasteiger partial charge in [0.05, 0.1) is 6.54 Å². The topological polar surface area (TPSA) is 150 Å². The van der Waals surface area contributed by atoms with Crippen molar-refractivity contribution in [3.05, 3.63) is 0 Å². The van der Waals surface area contributed by atoms with E-state index in [4.69, 9.17) is 21.1 Å². The van der Waals surface area contributed by atoms with Crippen molar-refractivity contribution in [2.45, 2.75) is 12.1 Å². The number of carbonyl (C=O) groups is 3. The standard InChI is InChI=1S/C8H14N2O6S2/c9-4(7(13)14)2-17-18-3-5(8(15)16)10-1-6(11)12/h4-5,10H,1-3,9H2,(H,11,12)(H,13,14)(H,15,16)/t4?,5-/m0/s1. The minimum absolute atomic E-state index is 0.111. The predicted molar refractivity (Wildman–Crippen MR) is 67.6 cm³/mol. The van der Waals surface area contributed by atoms with E-state index in [9.17, 15) is 14.4 Å². The summed E-state index contributed by atoms with van der Waals surface area (Å²) in [4.78, 5) is 31.4. The van der Waals surface area contributed by atoms with Crippen molar-refractivity contribution in [2.75, 3.05) is 18.1 Å². The quantitative estimate of drug-likeness (QED) is 0.248. The van der Waals surface area contributed by atoms with Crippen LogP contribution in [0.2, 0.25) is 0 Å². The molecule has 0 radical (unpaired) electrons. The summed E-state index contributed by atoms with van der Waals surface area (Å²) in [5.74, 6) is -3.18. The summed E-state index contributed by atoms with van der Waals surface area (Å²) in [6.45, 7) is -0.448. The third-order valence-corrected chi connectivity index (χ3v) is 4.13. The van der Waals surface area contributed by atoms with Crippen LogP contribution in [-0.2, 0) is 14.4 Å². The molecule has 0 spiro atoms. The molecule has 0 aromatic carbocycles. The second-order valence-corrected chi connectivity index (χ2v) is 5.73. The van der Waals surface area contributed by atoms with Crippen LogP contribution in [0.15, 0.2) is 0 Å². The van der Waals surface area contributed by atoms with E-state index in [-0.39, 0.29) is 11.5 Å². The molecule has 0 amide bonds. The number of nitrogens with one attached hydrogen (secondary N) is 1. The monoisotopic (exact) mass is 298 g/mol. The summed E-state index contributed by atoms with van der Waals surface area (Å²) in [7, 11) is 2.25. The lowest BCUT2D eigenvalue weighted by Crippen LogP contribution is -2.41. The fourth-order valence-electron chi connectivity index (χ4n) is 0.737. The molecule has 10 heteroatoms. The van der Waals surface area contributed by atoms with Crippen LogP contribution >= 0.6 is 21.6 Å². The van der Waals surface area contributed by atoms with Gasteiger partial charge in [0.25, 0.3) is 0 Å². The van der Waals surface area contributed by atoms with E-state index in [1.54, 1.807) is 0 Å². The summed E-state index contributed by atoms with van der Waals surface area (Å²) < 4.78 is 0. The van der Waals surface area contributed by atoms with Crippen LogP contribution in [0.5, 0.6) is 0 Å². The molecule has 0 aliphatic carbocycles. The molecule has 0 fully saturated rings. The van der Waals surface area contributed by atoms with Crippen LogP contribution in [-0.4, -0.2) is 63.4 Å². The Morgan fingerprint density at radius 2 is 1.61 bits per heavy atom. The number of hydrogen-bond donors (Lipinski definition) is 5. The van der Waals surface area contributed by atoms with Crippen LogP contribution in [0.1, 0.15) is 0 Å². The number of rotatable bonds is 10. The molecule has 2 atom stereocenters. The third-order valence-electron chi connectivity index (χ3n) is 1.68. The lowest BCUT2D eigenvalue weighted by atomic mass is 10.3. The molecule has 0 aromatic heterocycles. The molecular formula is C8H14N2O6S2. The Kier molecular flexibility index (Phi) is 8.54. The lowest BCUT2D eigenvalue weighted by Gasteiger charge is -2.12. The number of nitrogens with two attached hydrogens (primary N) is 1. The van der Waals surface area contributed by atoms with Gasteiger partial charge in [-0.3, -0.25) is 19.7 Å². The number of aliphatic carboxylic acids is 3. The molecule has 0 heterocycles. The largest absolute Gasteiger partial charge is 0.480 e. The van der Waals surface area contributed by atoms with Gasteiger partial charge in [-0.1, -0.05) is 21.6 Å². The highest BCUT2D eigenvalue weighted by atomic mass is 33.1. The molecular weight excluding hydrogens is 284 g/mol. The second kappa shape index (κ2) is 9.03. The molecule has 0 aliphatic heterocycles. The first-order valence-corrected chi connectivity index (χ1v) is 7.24. The first kappa shape index (κ1) is 17.0. The maximum absolute atomic E-state index is 10.8.